The first-order chi connectivity index (χ1) is 7.84. The highest BCUT2D eigenvalue weighted by Gasteiger charge is 2.16. The molecule has 0 unspecified atom stereocenters. The standard InChI is InChI=1S/C13H11NO2/c15-13-11-7-9-3-1-2-4-10(9)8-12(11)16-6-5-14-13/h1-4,7-8H,5-6H2,(H,14,15). The maximum absolute atomic E-state index is 11.8. The van der Waals surface area contributed by atoms with Gasteiger partial charge in [0.2, 0.25) is 0 Å². The highest BCUT2D eigenvalue weighted by atomic mass is 16.5. The first-order valence-corrected chi connectivity index (χ1v) is 5.28. The van der Waals surface area contributed by atoms with E-state index in [1.807, 2.05) is 36.4 Å². The molecule has 0 spiro atoms. The fourth-order valence-electron chi connectivity index (χ4n) is 1.94. The summed E-state index contributed by atoms with van der Waals surface area (Å²) in [6.07, 6.45) is 0. The van der Waals surface area contributed by atoms with Crippen LogP contribution in [0.25, 0.3) is 10.8 Å². The number of fused-ring (bicyclic) bond motifs is 2. The van der Waals surface area contributed by atoms with Crippen LogP contribution in [0.2, 0.25) is 0 Å². The van der Waals surface area contributed by atoms with Crippen molar-refractivity contribution in [3.05, 3.63) is 42.0 Å². The van der Waals surface area contributed by atoms with Gasteiger partial charge in [-0.1, -0.05) is 24.3 Å². The van der Waals surface area contributed by atoms with E-state index < -0.39 is 0 Å². The van der Waals surface area contributed by atoms with Gasteiger partial charge in [-0.05, 0) is 22.9 Å². The van der Waals surface area contributed by atoms with Crippen molar-refractivity contribution in [2.24, 2.45) is 0 Å². The van der Waals surface area contributed by atoms with Gasteiger partial charge in [-0.3, -0.25) is 4.79 Å². The van der Waals surface area contributed by atoms with Crippen molar-refractivity contribution in [3.63, 3.8) is 0 Å². The van der Waals surface area contributed by atoms with Crippen molar-refractivity contribution in [1.82, 2.24) is 5.32 Å². The lowest BCUT2D eigenvalue weighted by Crippen LogP contribution is -2.24. The molecule has 16 heavy (non-hydrogen) atoms. The number of benzene rings is 2. The van der Waals surface area contributed by atoms with Gasteiger partial charge in [0.25, 0.3) is 5.91 Å². The van der Waals surface area contributed by atoms with Crippen LogP contribution >= 0.6 is 0 Å². The van der Waals surface area contributed by atoms with Crippen LogP contribution < -0.4 is 10.1 Å². The molecule has 0 aliphatic carbocycles. The predicted octanol–water partition coefficient (Wildman–Crippen LogP) is 1.96. The summed E-state index contributed by atoms with van der Waals surface area (Å²) in [5.74, 6) is 0.618. The normalized spacial score (nSPS) is 14.9. The van der Waals surface area contributed by atoms with Gasteiger partial charge in [0.1, 0.15) is 12.4 Å². The fraction of sp³-hybridized carbons (Fsp3) is 0.154. The lowest BCUT2D eigenvalue weighted by atomic mass is 10.1. The topological polar surface area (TPSA) is 38.3 Å². The summed E-state index contributed by atoms with van der Waals surface area (Å²) < 4.78 is 5.54. The van der Waals surface area contributed by atoms with Gasteiger partial charge in [-0.25, -0.2) is 0 Å². The summed E-state index contributed by atoms with van der Waals surface area (Å²) in [5, 5.41) is 4.95. The molecule has 2 aromatic rings. The van der Waals surface area contributed by atoms with E-state index in [2.05, 4.69) is 5.32 Å². The largest absolute Gasteiger partial charge is 0.491 e. The third-order valence-electron chi connectivity index (χ3n) is 2.74. The molecule has 1 aliphatic rings. The van der Waals surface area contributed by atoms with E-state index in [4.69, 9.17) is 4.74 Å². The van der Waals surface area contributed by atoms with Crippen LogP contribution in [0.5, 0.6) is 5.75 Å². The summed E-state index contributed by atoms with van der Waals surface area (Å²) in [7, 11) is 0. The van der Waals surface area contributed by atoms with Gasteiger partial charge < -0.3 is 10.1 Å². The van der Waals surface area contributed by atoms with Gasteiger partial charge in [0.05, 0.1) is 12.1 Å². The Balaban J connectivity index is 2.27. The van der Waals surface area contributed by atoms with Crippen molar-refractivity contribution < 1.29 is 9.53 Å². The summed E-state index contributed by atoms with van der Waals surface area (Å²) in [6, 6.07) is 11.8. The summed E-state index contributed by atoms with van der Waals surface area (Å²) in [4.78, 5) is 11.8. The maximum Gasteiger partial charge on any atom is 0.255 e. The van der Waals surface area contributed by atoms with E-state index >= 15 is 0 Å². The number of ether oxygens (including phenoxy) is 1. The Bertz CT molecular complexity index is 563. The molecule has 1 N–H and O–H groups in total. The molecule has 0 aromatic heterocycles. The molecule has 0 bridgehead atoms. The summed E-state index contributed by atoms with van der Waals surface area (Å²) >= 11 is 0. The van der Waals surface area contributed by atoms with Gasteiger partial charge >= 0.3 is 0 Å². The zero-order chi connectivity index (χ0) is 11.0. The summed E-state index contributed by atoms with van der Waals surface area (Å²) in [5.41, 5.74) is 0.621. The highest BCUT2D eigenvalue weighted by Crippen LogP contribution is 2.26. The molecule has 3 nitrogen and oxygen atoms in total. The Labute approximate surface area is 93.0 Å². The first-order valence-electron chi connectivity index (χ1n) is 5.28. The average Bonchev–Trinajstić information content (AvgIpc) is 2.49. The molecular formula is C13H11NO2. The fourth-order valence-corrected chi connectivity index (χ4v) is 1.94. The zero-order valence-corrected chi connectivity index (χ0v) is 8.69. The molecule has 0 saturated carbocycles. The molecule has 1 amide bonds. The molecule has 1 aliphatic heterocycles. The van der Waals surface area contributed by atoms with E-state index in [1.54, 1.807) is 0 Å². The van der Waals surface area contributed by atoms with Crippen molar-refractivity contribution in [2.75, 3.05) is 13.2 Å². The Hall–Kier alpha value is -2.03. The second-order valence-corrected chi connectivity index (χ2v) is 3.80. The molecule has 1 heterocycles. The highest BCUT2D eigenvalue weighted by molar-refractivity contribution is 6.01. The van der Waals surface area contributed by atoms with E-state index in [-0.39, 0.29) is 5.91 Å². The summed E-state index contributed by atoms with van der Waals surface area (Å²) in [6.45, 7) is 1.08. The SMILES string of the molecule is O=C1NCCOc2cc3ccccc3cc21. The van der Waals surface area contributed by atoms with E-state index in [9.17, 15) is 4.79 Å². The molecule has 0 radical (unpaired) electrons. The van der Waals surface area contributed by atoms with Crippen molar-refractivity contribution >= 4 is 16.7 Å². The molecule has 0 fully saturated rings. The minimum absolute atomic E-state index is 0.0572. The first kappa shape index (κ1) is 9.21. The van der Waals surface area contributed by atoms with Crippen LogP contribution in [0, 0.1) is 0 Å². The number of hydrogen-bond acceptors (Lipinski definition) is 2. The Kier molecular flexibility index (Phi) is 2.03. The smallest absolute Gasteiger partial charge is 0.255 e. The molecule has 2 aromatic carbocycles. The van der Waals surface area contributed by atoms with Gasteiger partial charge in [-0.2, -0.15) is 0 Å². The number of hydrogen-bond donors (Lipinski definition) is 1. The predicted molar refractivity (Wildman–Crippen MR) is 61.8 cm³/mol. The van der Waals surface area contributed by atoms with Crippen LogP contribution in [-0.4, -0.2) is 19.1 Å². The number of rotatable bonds is 0. The second kappa shape index (κ2) is 3.52. The molecule has 0 atom stereocenters. The minimum Gasteiger partial charge on any atom is -0.491 e. The Morgan fingerprint density at radius 2 is 1.88 bits per heavy atom. The van der Waals surface area contributed by atoms with Crippen molar-refractivity contribution in [2.45, 2.75) is 0 Å². The number of carbonyl (C=O) groups is 1. The van der Waals surface area contributed by atoms with Crippen molar-refractivity contribution in [1.29, 1.82) is 0 Å². The van der Waals surface area contributed by atoms with E-state index in [1.165, 1.54) is 0 Å². The monoisotopic (exact) mass is 213 g/mol. The van der Waals surface area contributed by atoms with Crippen LogP contribution in [0.4, 0.5) is 0 Å². The third-order valence-corrected chi connectivity index (χ3v) is 2.74. The quantitative estimate of drug-likeness (QED) is 0.726. The van der Waals surface area contributed by atoms with E-state index in [0.717, 1.165) is 10.8 Å². The Morgan fingerprint density at radius 1 is 1.12 bits per heavy atom. The number of carbonyl (C=O) groups excluding carboxylic acids is 1. The number of nitrogens with one attached hydrogen (secondary N) is 1. The zero-order valence-electron chi connectivity index (χ0n) is 8.69. The second-order valence-electron chi connectivity index (χ2n) is 3.80. The van der Waals surface area contributed by atoms with Crippen LogP contribution in [-0.2, 0) is 0 Å². The van der Waals surface area contributed by atoms with Gasteiger partial charge in [-0.15, -0.1) is 0 Å². The molecular weight excluding hydrogens is 202 g/mol. The molecule has 80 valence electrons. The maximum atomic E-state index is 11.8. The minimum atomic E-state index is -0.0572. The van der Waals surface area contributed by atoms with Crippen LogP contribution in [0.3, 0.4) is 0 Å². The van der Waals surface area contributed by atoms with Gasteiger partial charge in [0.15, 0.2) is 0 Å². The van der Waals surface area contributed by atoms with Gasteiger partial charge in [0, 0.05) is 0 Å². The van der Waals surface area contributed by atoms with Crippen molar-refractivity contribution in [3.8, 4) is 5.75 Å². The average molecular weight is 213 g/mol. The van der Waals surface area contributed by atoms with Crippen LogP contribution in [0.15, 0.2) is 36.4 Å². The number of amides is 1. The lowest BCUT2D eigenvalue weighted by Gasteiger charge is -2.07. The Morgan fingerprint density at radius 3 is 2.69 bits per heavy atom. The van der Waals surface area contributed by atoms with E-state index in [0.29, 0.717) is 24.5 Å². The molecule has 3 heteroatoms. The molecule has 3 rings (SSSR count). The van der Waals surface area contributed by atoms with Crippen LogP contribution in [0.1, 0.15) is 10.4 Å². The third kappa shape index (κ3) is 1.41. The lowest BCUT2D eigenvalue weighted by molar-refractivity contribution is 0.0957. The molecule has 0 saturated heterocycles.